The predicted octanol–water partition coefficient (Wildman–Crippen LogP) is 8.00. The molecule has 0 unspecified atom stereocenters. The van der Waals surface area contributed by atoms with Crippen molar-refractivity contribution in [1.82, 2.24) is 0 Å². The number of rotatable bonds is 8. The molecule has 0 aliphatic carbocycles. The van der Waals surface area contributed by atoms with Gasteiger partial charge < -0.3 is 0 Å². The maximum absolute atomic E-state index is 14.8. The van der Waals surface area contributed by atoms with Gasteiger partial charge in [0, 0.05) is 16.0 Å². The molecule has 196 valence electrons. The van der Waals surface area contributed by atoms with Crippen LogP contribution in [-0.2, 0) is 16.1 Å². The number of fused-ring (bicyclic) bond motifs is 1. The molecule has 4 heteroatoms. The van der Waals surface area contributed by atoms with Crippen LogP contribution in [-0.4, -0.2) is 9.96 Å². The molecule has 6 rings (SSSR count). The summed E-state index contributed by atoms with van der Waals surface area (Å²) in [5.74, 6) is 0.450. The molecule has 0 N–H and O–H groups in total. The van der Waals surface area contributed by atoms with Gasteiger partial charge in [-0.25, -0.2) is 4.21 Å². The molecule has 0 radical (unpaired) electrons. The van der Waals surface area contributed by atoms with Crippen molar-refractivity contribution in [2.75, 3.05) is 5.75 Å². The number of benzene rings is 6. The molecule has 0 aliphatic rings. The first-order valence-corrected chi connectivity index (χ1v) is 16.5. The van der Waals surface area contributed by atoms with Gasteiger partial charge in [0.1, 0.15) is 0 Å². The first-order valence-electron chi connectivity index (χ1n) is 13.5. The smallest absolute Gasteiger partial charge is 0.0818 e. The van der Waals surface area contributed by atoms with E-state index in [9.17, 15) is 4.21 Å². The van der Waals surface area contributed by atoms with Gasteiger partial charge in [-0.2, -0.15) is 4.36 Å². The van der Waals surface area contributed by atoms with Crippen LogP contribution in [0.1, 0.15) is 5.56 Å². The molecule has 0 saturated carbocycles. The highest BCUT2D eigenvalue weighted by molar-refractivity contribution is 7.93. The van der Waals surface area contributed by atoms with Gasteiger partial charge in [-0.3, -0.25) is 0 Å². The topological polar surface area (TPSA) is 29.4 Å². The van der Waals surface area contributed by atoms with Crippen molar-refractivity contribution in [2.24, 2.45) is 4.36 Å². The van der Waals surface area contributed by atoms with Crippen molar-refractivity contribution >= 4 is 50.0 Å². The van der Waals surface area contributed by atoms with Gasteiger partial charge in [0.15, 0.2) is 0 Å². The lowest BCUT2D eigenvalue weighted by atomic mass is 10.1. The van der Waals surface area contributed by atoms with Crippen LogP contribution in [0.15, 0.2) is 167 Å². The van der Waals surface area contributed by atoms with Crippen molar-refractivity contribution < 1.29 is 4.21 Å². The zero-order valence-corrected chi connectivity index (χ0v) is 23.8. The largest absolute Gasteiger partial charge is 0.244 e. The van der Waals surface area contributed by atoms with Crippen LogP contribution >= 0.6 is 7.92 Å². The Hall–Kier alpha value is -4.04. The quantitative estimate of drug-likeness (QED) is 0.175. The Labute approximate surface area is 238 Å². The Kier molecular flexibility index (Phi) is 7.86. The summed E-state index contributed by atoms with van der Waals surface area (Å²) in [6, 6.07) is 54.1. The molecule has 0 bridgehead atoms. The summed E-state index contributed by atoms with van der Waals surface area (Å²) in [6.45, 7) is 0. The van der Waals surface area contributed by atoms with E-state index >= 15 is 0 Å². The lowest BCUT2D eigenvalue weighted by Gasteiger charge is -2.22. The monoisotopic (exact) mass is 555 g/mol. The molecule has 0 amide bonds. The summed E-state index contributed by atoms with van der Waals surface area (Å²) >= 11 is 0. The summed E-state index contributed by atoms with van der Waals surface area (Å²) < 4.78 is 20.0. The molecule has 6 aromatic rings. The fraction of sp³-hybridized carbons (Fsp3) is 0.0556. The molecule has 0 aliphatic heterocycles. The normalized spacial score (nSPS) is 12.7. The fourth-order valence-electron chi connectivity index (χ4n) is 5.05. The Morgan fingerprint density at radius 1 is 0.550 bits per heavy atom. The van der Waals surface area contributed by atoms with Crippen molar-refractivity contribution in [3.05, 3.63) is 163 Å². The molecule has 1 atom stereocenters. The summed E-state index contributed by atoms with van der Waals surface area (Å²) in [5, 5.41) is 5.96. The molecule has 0 saturated heterocycles. The van der Waals surface area contributed by atoms with Crippen molar-refractivity contribution in [2.45, 2.75) is 11.3 Å². The van der Waals surface area contributed by atoms with Crippen LogP contribution in [0.4, 0.5) is 5.69 Å². The van der Waals surface area contributed by atoms with E-state index in [0.717, 1.165) is 26.9 Å². The van der Waals surface area contributed by atoms with E-state index in [0.29, 0.717) is 12.2 Å². The lowest BCUT2D eigenvalue weighted by molar-refractivity contribution is 0.676. The van der Waals surface area contributed by atoms with Gasteiger partial charge >= 0.3 is 0 Å². The molecule has 0 aromatic heterocycles. The maximum Gasteiger partial charge on any atom is 0.0818 e. The third-order valence-electron chi connectivity index (χ3n) is 7.00. The minimum absolute atomic E-state index is 0.450. The Morgan fingerprint density at radius 3 is 1.68 bits per heavy atom. The van der Waals surface area contributed by atoms with E-state index in [1.165, 1.54) is 15.9 Å². The third-order valence-corrected chi connectivity index (χ3v) is 11.7. The zero-order chi connectivity index (χ0) is 27.2. The molecule has 2 nitrogen and oxygen atoms in total. The summed E-state index contributed by atoms with van der Waals surface area (Å²) in [6.07, 6.45) is 0.691. The second kappa shape index (κ2) is 12.0. The molecule has 40 heavy (non-hydrogen) atoms. The molecule has 0 heterocycles. The van der Waals surface area contributed by atoms with E-state index in [4.69, 9.17) is 4.36 Å². The van der Waals surface area contributed by atoms with E-state index in [-0.39, 0.29) is 0 Å². The second-order valence-corrected chi connectivity index (χ2v) is 14.2. The van der Waals surface area contributed by atoms with Crippen LogP contribution in [0.5, 0.6) is 0 Å². The summed E-state index contributed by atoms with van der Waals surface area (Å²) in [7, 11) is -3.60. The van der Waals surface area contributed by atoms with E-state index in [1.54, 1.807) is 0 Å². The number of hydrogen-bond donors (Lipinski definition) is 0. The minimum atomic E-state index is -2.75. The fourth-order valence-corrected chi connectivity index (χ4v) is 9.55. The van der Waals surface area contributed by atoms with Gasteiger partial charge in [0.25, 0.3) is 0 Å². The van der Waals surface area contributed by atoms with Crippen molar-refractivity contribution in [3.63, 3.8) is 0 Å². The average Bonchev–Trinajstić information content (AvgIpc) is 3.02. The summed E-state index contributed by atoms with van der Waals surface area (Å²) in [5.41, 5.74) is 1.95. The molecule has 0 spiro atoms. The Balaban J connectivity index is 1.57. The lowest BCUT2D eigenvalue weighted by Crippen LogP contribution is -2.21. The zero-order valence-electron chi connectivity index (χ0n) is 22.1. The highest BCUT2D eigenvalue weighted by Gasteiger charge is 2.21. The minimum Gasteiger partial charge on any atom is -0.244 e. The number of hydrogen-bond acceptors (Lipinski definition) is 2. The average molecular weight is 556 g/mol. The maximum atomic E-state index is 14.8. The second-order valence-electron chi connectivity index (χ2n) is 9.64. The van der Waals surface area contributed by atoms with Crippen LogP contribution < -0.4 is 15.9 Å². The molecule has 0 fully saturated rings. The van der Waals surface area contributed by atoms with Crippen LogP contribution in [0.2, 0.25) is 0 Å². The van der Waals surface area contributed by atoms with Crippen molar-refractivity contribution in [3.8, 4) is 0 Å². The van der Waals surface area contributed by atoms with E-state index in [2.05, 4.69) is 97.1 Å². The van der Waals surface area contributed by atoms with E-state index in [1.807, 2.05) is 60.7 Å². The van der Waals surface area contributed by atoms with Crippen LogP contribution in [0.3, 0.4) is 0 Å². The van der Waals surface area contributed by atoms with Gasteiger partial charge in [0.2, 0.25) is 0 Å². The number of aryl methyl sites for hydroxylation is 1. The molecular weight excluding hydrogens is 525 g/mol. The van der Waals surface area contributed by atoms with Gasteiger partial charge in [-0.1, -0.05) is 140 Å². The number of nitrogens with zero attached hydrogens (tertiary/aromatic N) is 1. The highest BCUT2D eigenvalue weighted by Crippen LogP contribution is 2.39. The van der Waals surface area contributed by atoms with Crippen LogP contribution in [0, 0.1) is 0 Å². The Morgan fingerprint density at radius 2 is 1.07 bits per heavy atom. The highest BCUT2D eigenvalue weighted by atomic mass is 32.2. The third kappa shape index (κ3) is 5.63. The first kappa shape index (κ1) is 26.2. The first-order chi connectivity index (χ1) is 19.7. The van der Waals surface area contributed by atoms with Crippen molar-refractivity contribution in [1.29, 1.82) is 0 Å². The summed E-state index contributed by atoms with van der Waals surface area (Å²) in [4.78, 5) is 0.772. The SMILES string of the molecule is O=[S@](CCc1ccccc1)(=Nc1cccc2cccc(P(c3ccccc3)c3ccccc3)c12)c1ccccc1. The van der Waals surface area contributed by atoms with E-state index < -0.39 is 17.7 Å². The molecule has 6 aromatic carbocycles. The Bertz CT molecular complexity index is 1790. The van der Waals surface area contributed by atoms with Gasteiger partial charge in [-0.15, -0.1) is 0 Å². The predicted molar refractivity (Wildman–Crippen MR) is 173 cm³/mol. The van der Waals surface area contributed by atoms with Crippen LogP contribution in [0.25, 0.3) is 10.8 Å². The molecular formula is C36H30NOPS. The van der Waals surface area contributed by atoms with Gasteiger partial charge in [0.05, 0.1) is 15.4 Å². The standard InChI is InChI=1S/C36H30NOPS/c38-40(33-23-11-4-12-24-33,28-27-29-15-5-1-6-16-29)37-34-25-13-17-30-18-14-26-35(36(30)34)39(31-19-7-2-8-20-31)32-21-9-3-10-22-32/h1-26H,27-28H2/t40-/m0/s1. The van der Waals surface area contributed by atoms with Gasteiger partial charge in [-0.05, 0) is 59.4 Å².